The number of nitrogens with one attached hydrogen (secondary N) is 1. The average molecular weight is 325 g/mol. The predicted molar refractivity (Wildman–Crippen MR) is 88.2 cm³/mol. The zero-order valence-electron chi connectivity index (χ0n) is 12.0. The van der Waals surface area contributed by atoms with Crippen molar-refractivity contribution < 1.29 is 4.79 Å². The maximum absolute atomic E-state index is 12.1. The molecule has 1 amide bonds. The second kappa shape index (κ2) is 7.43. The van der Waals surface area contributed by atoms with Crippen molar-refractivity contribution in [3.63, 3.8) is 0 Å². The molecule has 112 valence electrons. The Balaban J connectivity index is 0.00000220. The summed E-state index contributed by atoms with van der Waals surface area (Å²) in [5, 5.41) is 3.74. The molecule has 0 atom stereocenters. The van der Waals surface area contributed by atoms with Crippen LogP contribution in [-0.4, -0.2) is 16.4 Å². The van der Waals surface area contributed by atoms with Crippen molar-refractivity contribution in [2.75, 3.05) is 0 Å². The first-order chi connectivity index (χ1) is 9.46. The van der Waals surface area contributed by atoms with Crippen molar-refractivity contribution in [2.45, 2.75) is 25.8 Å². The van der Waals surface area contributed by atoms with E-state index in [0.717, 1.165) is 12.0 Å². The van der Waals surface area contributed by atoms with Gasteiger partial charge in [0.1, 0.15) is 0 Å². The van der Waals surface area contributed by atoms with E-state index < -0.39 is 0 Å². The van der Waals surface area contributed by atoms with Crippen LogP contribution in [0.2, 0.25) is 5.02 Å². The Morgan fingerprint density at radius 1 is 1.24 bits per heavy atom. The van der Waals surface area contributed by atoms with Gasteiger partial charge in [0.2, 0.25) is 0 Å². The summed E-state index contributed by atoms with van der Waals surface area (Å²) in [7, 11) is 0. The first-order valence-corrected chi connectivity index (χ1v) is 6.81. The molecular formula is C16H18Cl2N2O. The van der Waals surface area contributed by atoms with Crippen LogP contribution < -0.4 is 5.32 Å². The molecule has 2 aromatic rings. The number of amides is 1. The molecule has 3 nitrogen and oxygen atoms in total. The minimum absolute atomic E-state index is 0. The maximum atomic E-state index is 12.1. The number of aromatic nitrogens is 1. The zero-order valence-corrected chi connectivity index (χ0v) is 13.5. The molecule has 1 N–H and O–H groups in total. The van der Waals surface area contributed by atoms with Crippen molar-refractivity contribution in [3.05, 3.63) is 64.9 Å². The fourth-order valence-electron chi connectivity index (χ4n) is 2.03. The molecule has 2 rings (SSSR count). The van der Waals surface area contributed by atoms with Gasteiger partial charge in [0.25, 0.3) is 5.91 Å². The third-order valence-corrected chi connectivity index (χ3v) is 3.19. The highest BCUT2D eigenvalue weighted by Gasteiger charge is 2.21. The molecule has 1 aromatic carbocycles. The summed E-state index contributed by atoms with van der Waals surface area (Å²) in [6.45, 7) is 3.99. The Kier molecular flexibility index (Phi) is 6.19. The van der Waals surface area contributed by atoms with Crippen LogP contribution in [0.1, 0.15) is 29.8 Å². The SMILES string of the molecule is CC(C)(Cc1ccc(Cl)cc1)NC(=O)c1cccnc1.Cl. The lowest BCUT2D eigenvalue weighted by Gasteiger charge is -2.26. The van der Waals surface area contributed by atoms with Crippen LogP contribution in [0.5, 0.6) is 0 Å². The minimum atomic E-state index is -0.346. The predicted octanol–water partition coefficient (Wildman–Crippen LogP) is 3.91. The van der Waals surface area contributed by atoms with E-state index in [1.165, 1.54) is 0 Å². The van der Waals surface area contributed by atoms with E-state index in [2.05, 4.69) is 10.3 Å². The highest BCUT2D eigenvalue weighted by atomic mass is 35.5. The number of carbonyl (C=O) groups excluding carboxylic acids is 1. The van der Waals surface area contributed by atoms with Gasteiger partial charge in [0.05, 0.1) is 5.56 Å². The normalized spacial score (nSPS) is 10.6. The third kappa shape index (κ3) is 5.37. The molecule has 0 radical (unpaired) electrons. The van der Waals surface area contributed by atoms with Crippen LogP contribution in [0, 0.1) is 0 Å². The maximum Gasteiger partial charge on any atom is 0.253 e. The van der Waals surface area contributed by atoms with Gasteiger partial charge >= 0.3 is 0 Å². The molecule has 0 fully saturated rings. The molecule has 21 heavy (non-hydrogen) atoms. The van der Waals surface area contributed by atoms with Crippen LogP contribution in [0.3, 0.4) is 0 Å². The number of benzene rings is 1. The number of pyridine rings is 1. The second-order valence-corrected chi connectivity index (χ2v) is 5.82. The number of halogens is 2. The Morgan fingerprint density at radius 2 is 1.90 bits per heavy atom. The van der Waals surface area contributed by atoms with Gasteiger partial charge in [0, 0.05) is 23.0 Å². The van der Waals surface area contributed by atoms with Gasteiger partial charge in [-0.3, -0.25) is 9.78 Å². The molecule has 1 heterocycles. The van der Waals surface area contributed by atoms with Crippen molar-refractivity contribution >= 4 is 29.9 Å². The van der Waals surface area contributed by atoms with Gasteiger partial charge < -0.3 is 5.32 Å². The highest BCUT2D eigenvalue weighted by molar-refractivity contribution is 6.30. The van der Waals surface area contributed by atoms with E-state index in [9.17, 15) is 4.79 Å². The molecule has 0 saturated heterocycles. The van der Waals surface area contributed by atoms with E-state index in [1.54, 1.807) is 24.5 Å². The quantitative estimate of drug-likeness (QED) is 0.926. The van der Waals surface area contributed by atoms with Crippen LogP contribution in [0.4, 0.5) is 0 Å². The zero-order chi connectivity index (χ0) is 14.6. The molecule has 0 aliphatic carbocycles. The lowest BCUT2D eigenvalue weighted by molar-refractivity contribution is 0.0912. The van der Waals surface area contributed by atoms with E-state index in [-0.39, 0.29) is 23.9 Å². The molecule has 0 spiro atoms. The van der Waals surface area contributed by atoms with Gasteiger partial charge in [-0.1, -0.05) is 23.7 Å². The standard InChI is InChI=1S/C16H17ClN2O.ClH/c1-16(2,10-12-5-7-14(17)8-6-12)19-15(20)13-4-3-9-18-11-13;/h3-9,11H,10H2,1-2H3,(H,19,20);1H. The Morgan fingerprint density at radius 3 is 2.48 bits per heavy atom. The summed E-state index contributed by atoms with van der Waals surface area (Å²) in [5.41, 5.74) is 1.35. The summed E-state index contributed by atoms with van der Waals surface area (Å²) >= 11 is 5.87. The summed E-state index contributed by atoms with van der Waals surface area (Å²) in [6.07, 6.45) is 3.94. The van der Waals surface area contributed by atoms with Gasteiger partial charge in [-0.2, -0.15) is 0 Å². The van der Waals surface area contributed by atoms with E-state index in [0.29, 0.717) is 10.6 Å². The highest BCUT2D eigenvalue weighted by Crippen LogP contribution is 2.16. The van der Waals surface area contributed by atoms with E-state index in [4.69, 9.17) is 11.6 Å². The summed E-state index contributed by atoms with van der Waals surface area (Å²) < 4.78 is 0. The van der Waals surface area contributed by atoms with Gasteiger partial charge in [-0.05, 0) is 50.1 Å². The van der Waals surface area contributed by atoms with Gasteiger partial charge in [-0.25, -0.2) is 0 Å². The molecular weight excluding hydrogens is 307 g/mol. The van der Waals surface area contributed by atoms with Crippen LogP contribution in [0.15, 0.2) is 48.8 Å². The molecule has 0 aliphatic rings. The Hall–Kier alpha value is -1.58. The van der Waals surface area contributed by atoms with Crippen molar-refractivity contribution in [1.82, 2.24) is 10.3 Å². The molecule has 0 aliphatic heterocycles. The molecule has 0 bridgehead atoms. The van der Waals surface area contributed by atoms with Crippen molar-refractivity contribution in [3.8, 4) is 0 Å². The third-order valence-electron chi connectivity index (χ3n) is 2.93. The van der Waals surface area contributed by atoms with Crippen LogP contribution >= 0.6 is 24.0 Å². The average Bonchev–Trinajstić information content (AvgIpc) is 2.41. The smallest absolute Gasteiger partial charge is 0.253 e. The van der Waals surface area contributed by atoms with Crippen LogP contribution in [0.25, 0.3) is 0 Å². The number of hydrogen-bond acceptors (Lipinski definition) is 2. The van der Waals surface area contributed by atoms with Crippen molar-refractivity contribution in [2.24, 2.45) is 0 Å². The van der Waals surface area contributed by atoms with E-state index in [1.807, 2.05) is 38.1 Å². The van der Waals surface area contributed by atoms with Gasteiger partial charge in [-0.15, -0.1) is 12.4 Å². The topological polar surface area (TPSA) is 42.0 Å². The Labute approximate surface area is 136 Å². The van der Waals surface area contributed by atoms with Gasteiger partial charge in [0.15, 0.2) is 0 Å². The summed E-state index contributed by atoms with van der Waals surface area (Å²) in [6, 6.07) is 11.2. The monoisotopic (exact) mass is 324 g/mol. The summed E-state index contributed by atoms with van der Waals surface area (Å²) in [4.78, 5) is 16.1. The lowest BCUT2D eigenvalue weighted by atomic mass is 9.94. The first-order valence-electron chi connectivity index (χ1n) is 6.43. The Bertz CT molecular complexity index is 583. The first kappa shape index (κ1) is 17.5. The number of hydrogen-bond donors (Lipinski definition) is 1. The minimum Gasteiger partial charge on any atom is -0.347 e. The molecule has 1 aromatic heterocycles. The van der Waals surface area contributed by atoms with E-state index >= 15 is 0 Å². The lowest BCUT2D eigenvalue weighted by Crippen LogP contribution is -2.45. The summed E-state index contributed by atoms with van der Waals surface area (Å²) in [5.74, 6) is -0.114. The number of nitrogens with zero attached hydrogens (tertiary/aromatic N) is 1. The number of rotatable bonds is 4. The molecule has 5 heteroatoms. The number of carbonyl (C=O) groups is 1. The largest absolute Gasteiger partial charge is 0.347 e. The van der Waals surface area contributed by atoms with Crippen molar-refractivity contribution in [1.29, 1.82) is 0 Å². The second-order valence-electron chi connectivity index (χ2n) is 5.38. The van der Waals surface area contributed by atoms with Crippen LogP contribution in [-0.2, 0) is 6.42 Å². The molecule has 0 unspecified atom stereocenters. The molecule has 0 saturated carbocycles. The fourth-order valence-corrected chi connectivity index (χ4v) is 2.16. The fraction of sp³-hybridized carbons (Fsp3) is 0.250.